The van der Waals surface area contributed by atoms with Crippen molar-refractivity contribution in [2.75, 3.05) is 44.1 Å². The molecule has 2 rings (SSSR count). The second-order valence-corrected chi connectivity index (χ2v) is 8.14. The number of carbonyl (C=O) groups excluding carboxylic acids is 4. The van der Waals surface area contributed by atoms with E-state index in [1.165, 1.54) is 20.8 Å². The van der Waals surface area contributed by atoms with E-state index in [0.29, 0.717) is 16.8 Å². The van der Waals surface area contributed by atoms with Crippen LogP contribution in [-0.2, 0) is 33.3 Å². The maximum absolute atomic E-state index is 12.4. The van der Waals surface area contributed by atoms with E-state index < -0.39 is 24.0 Å². The molecule has 0 saturated heterocycles. The molecule has 1 amide bonds. The van der Waals surface area contributed by atoms with Gasteiger partial charge in [-0.3, -0.25) is 19.7 Å². The molecule has 202 valence electrons. The highest BCUT2D eigenvalue weighted by Crippen LogP contribution is 2.15. The number of hydrogen-bond donors (Lipinski definition) is 2. The maximum atomic E-state index is 12.4. The first-order valence-electron chi connectivity index (χ1n) is 11.7. The Morgan fingerprint density at radius 1 is 0.605 bits per heavy atom. The molecule has 38 heavy (non-hydrogen) atoms. The molecule has 0 radical (unpaired) electrons. The highest BCUT2D eigenvalue weighted by Gasteiger charge is 2.09. The van der Waals surface area contributed by atoms with Gasteiger partial charge in [-0.15, -0.1) is 0 Å². The SMILES string of the molecule is CNc1ccc(/C=C(/COC(C)=O)COC(=O)Nc2ccc(C=C(COC(C)=O)COC(C)=O)cc2)cc1. The van der Waals surface area contributed by atoms with Crippen LogP contribution in [0.2, 0.25) is 0 Å². The molecule has 0 aliphatic carbocycles. The molecule has 0 saturated carbocycles. The second kappa shape index (κ2) is 15.5. The lowest BCUT2D eigenvalue weighted by atomic mass is 10.1. The molecule has 0 bridgehead atoms. The van der Waals surface area contributed by atoms with E-state index in [4.69, 9.17) is 18.9 Å². The molecule has 0 fully saturated rings. The van der Waals surface area contributed by atoms with E-state index in [1.807, 2.05) is 31.3 Å². The van der Waals surface area contributed by atoms with Crippen molar-refractivity contribution in [3.63, 3.8) is 0 Å². The van der Waals surface area contributed by atoms with Gasteiger partial charge in [-0.25, -0.2) is 4.79 Å². The van der Waals surface area contributed by atoms with Gasteiger partial charge >= 0.3 is 24.0 Å². The van der Waals surface area contributed by atoms with Gasteiger partial charge in [0.1, 0.15) is 26.4 Å². The highest BCUT2D eigenvalue weighted by atomic mass is 16.6. The topological polar surface area (TPSA) is 129 Å². The van der Waals surface area contributed by atoms with Crippen LogP contribution in [-0.4, -0.2) is 57.5 Å². The largest absolute Gasteiger partial charge is 0.461 e. The zero-order valence-electron chi connectivity index (χ0n) is 21.9. The highest BCUT2D eigenvalue weighted by molar-refractivity contribution is 5.85. The van der Waals surface area contributed by atoms with Crippen LogP contribution in [0, 0.1) is 0 Å². The van der Waals surface area contributed by atoms with Crippen LogP contribution in [0.4, 0.5) is 16.2 Å². The van der Waals surface area contributed by atoms with Gasteiger partial charge in [0.05, 0.1) is 0 Å². The Bertz CT molecular complexity index is 1150. The molecule has 0 aliphatic heterocycles. The number of esters is 3. The van der Waals surface area contributed by atoms with Crippen molar-refractivity contribution in [2.45, 2.75) is 20.8 Å². The quantitative estimate of drug-likeness (QED) is 0.306. The summed E-state index contributed by atoms with van der Waals surface area (Å²) in [5.41, 5.74) is 4.23. The summed E-state index contributed by atoms with van der Waals surface area (Å²) in [6, 6.07) is 14.4. The minimum atomic E-state index is -0.682. The number of amides is 1. The van der Waals surface area contributed by atoms with E-state index >= 15 is 0 Å². The van der Waals surface area contributed by atoms with Crippen molar-refractivity contribution >= 4 is 47.5 Å². The van der Waals surface area contributed by atoms with Crippen molar-refractivity contribution in [1.29, 1.82) is 0 Å². The van der Waals surface area contributed by atoms with Crippen molar-refractivity contribution in [3.05, 3.63) is 70.8 Å². The van der Waals surface area contributed by atoms with Gasteiger partial charge in [0, 0.05) is 50.3 Å². The summed E-state index contributed by atoms with van der Waals surface area (Å²) in [7, 11) is 1.82. The maximum Gasteiger partial charge on any atom is 0.411 e. The Kier molecular flexibility index (Phi) is 12.1. The molecular formula is C28H32N2O8. The fourth-order valence-electron chi connectivity index (χ4n) is 3.03. The Labute approximate surface area is 221 Å². The molecule has 10 heteroatoms. The fraction of sp³-hybridized carbons (Fsp3) is 0.286. The normalized spacial score (nSPS) is 10.6. The van der Waals surface area contributed by atoms with E-state index in [9.17, 15) is 19.2 Å². The van der Waals surface area contributed by atoms with E-state index in [2.05, 4.69) is 10.6 Å². The zero-order valence-corrected chi connectivity index (χ0v) is 21.9. The van der Waals surface area contributed by atoms with Gasteiger partial charge in [0.15, 0.2) is 0 Å². The predicted molar refractivity (Wildman–Crippen MR) is 143 cm³/mol. The first-order valence-corrected chi connectivity index (χ1v) is 11.7. The number of benzene rings is 2. The number of anilines is 2. The summed E-state index contributed by atoms with van der Waals surface area (Å²) < 4.78 is 20.4. The summed E-state index contributed by atoms with van der Waals surface area (Å²) in [5.74, 6) is -1.34. The molecule has 0 spiro atoms. The molecule has 0 unspecified atom stereocenters. The average molecular weight is 525 g/mol. The molecule has 10 nitrogen and oxygen atoms in total. The Hall–Kier alpha value is -4.60. The molecule has 2 aromatic carbocycles. The first-order chi connectivity index (χ1) is 18.1. The third kappa shape index (κ3) is 11.9. The Morgan fingerprint density at radius 2 is 0.974 bits per heavy atom. The van der Waals surface area contributed by atoms with Crippen LogP contribution in [0.25, 0.3) is 12.2 Å². The van der Waals surface area contributed by atoms with Crippen molar-refractivity contribution in [3.8, 4) is 0 Å². The molecule has 2 aromatic rings. The van der Waals surface area contributed by atoms with Crippen LogP contribution < -0.4 is 10.6 Å². The molecule has 2 N–H and O–H groups in total. The summed E-state index contributed by atoms with van der Waals surface area (Å²) >= 11 is 0. The number of nitrogens with one attached hydrogen (secondary N) is 2. The van der Waals surface area contributed by atoms with Gasteiger partial charge in [-0.05, 0) is 47.5 Å². The third-order valence-electron chi connectivity index (χ3n) is 4.87. The van der Waals surface area contributed by atoms with Gasteiger partial charge in [-0.1, -0.05) is 24.3 Å². The molecule has 0 aliphatic rings. The number of carbonyl (C=O) groups is 4. The summed E-state index contributed by atoms with van der Waals surface area (Å²) in [4.78, 5) is 45.9. The average Bonchev–Trinajstić information content (AvgIpc) is 2.88. The standard InChI is InChI=1S/C28H32N2O8/c1-19(31)35-15-24(16-36-20(2)32)13-23-7-11-27(12-8-23)30-28(34)38-18-25(17-37-21(3)33)14-22-5-9-26(29-4)10-6-22/h5-14,29H,15-18H2,1-4H3,(H,30,34)/b25-14-. The zero-order chi connectivity index (χ0) is 27.9. The van der Waals surface area contributed by atoms with Crippen LogP contribution >= 0.6 is 0 Å². The minimum absolute atomic E-state index is 0.0134. The van der Waals surface area contributed by atoms with Crippen molar-refractivity contribution in [2.24, 2.45) is 0 Å². The minimum Gasteiger partial charge on any atom is -0.461 e. The van der Waals surface area contributed by atoms with Gasteiger partial charge in [0.2, 0.25) is 0 Å². The van der Waals surface area contributed by atoms with Gasteiger partial charge < -0.3 is 24.3 Å². The summed E-state index contributed by atoms with van der Waals surface area (Å²) in [5, 5.41) is 5.67. The summed E-state index contributed by atoms with van der Waals surface area (Å²) in [6.07, 6.45) is 2.83. The lowest BCUT2D eigenvalue weighted by Gasteiger charge is -2.11. The summed E-state index contributed by atoms with van der Waals surface area (Å²) in [6.45, 7) is 3.76. The Balaban J connectivity index is 2.00. The fourth-order valence-corrected chi connectivity index (χ4v) is 3.03. The Morgan fingerprint density at radius 3 is 1.34 bits per heavy atom. The smallest absolute Gasteiger partial charge is 0.411 e. The third-order valence-corrected chi connectivity index (χ3v) is 4.87. The molecule has 0 heterocycles. The number of ether oxygens (including phenoxy) is 4. The lowest BCUT2D eigenvalue weighted by Crippen LogP contribution is -2.17. The molecular weight excluding hydrogens is 492 g/mol. The molecule has 0 atom stereocenters. The second-order valence-electron chi connectivity index (χ2n) is 8.14. The monoisotopic (exact) mass is 524 g/mol. The van der Waals surface area contributed by atoms with Crippen molar-refractivity contribution < 1.29 is 38.1 Å². The van der Waals surface area contributed by atoms with Crippen molar-refractivity contribution in [1.82, 2.24) is 0 Å². The van der Waals surface area contributed by atoms with Gasteiger partial charge in [-0.2, -0.15) is 0 Å². The first kappa shape index (κ1) is 29.6. The van der Waals surface area contributed by atoms with Crippen LogP contribution in [0.5, 0.6) is 0 Å². The van der Waals surface area contributed by atoms with Crippen LogP contribution in [0.15, 0.2) is 59.7 Å². The van der Waals surface area contributed by atoms with Crippen LogP contribution in [0.3, 0.4) is 0 Å². The molecule has 0 aromatic heterocycles. The van der Waals surface area contributed by atoms with Gasteiger partial charge in [0.25, 0.3) is 0 Å². The van der Waals surface area contributed by atoms with E-state index in [1.54, 1.807) is 36.4 Å². The predicted octanol–water partition coefficient (Wildman–Crippen LogP) is 4.43. The number of hydrogen-bond acceptors (Lipinski definition) is 9. The van der Waals surface area contributed by atoms with E-state index in [-0.39, 0.29) is 26.4 Å². The number of rotatable bonds is 12. The van der Waals surface area contributed by atoms with E-state index in [0.717, 1.165) is 16.8 Å². The lowest BCUT2D eigenvalue weighted by molar-refractivity contribution is -0.142. The van der Waals surface area contributed by atoms with Crippen LogP contribution in [0.1, 0.15) is 31.9 Å².